The molecule has 0 unspecified atom stereocenters. The summed E-state index contributed by atoms with van der Waals surface area (Å²) in [6, 6.07) is 8.53. The predicted octanol–water partition coefficient (Wildman–Crippen LogP) is 2.99. The van der Waals surface area contributed by atoms with Crippen LogP contribution in [-0.4, -0.2) is 11.1 Å². The molecule has 2 heterocycles. The van der Waals surface area contributed by atoms with E-state index in [4.69, 9.17) is 20.5 Å². The van der Waals surface area contributed by atoms with Crippen LogP contribution in [0.5, 0.6) is 0 Å². The molecule has 7 heteroatoms. The highest BCUT2D eigenvalue weighted by Crippen LogP contribution is 2.18. The van der Waals surface area contributed by atoms with Crippen LogP contribution in [0.4, 0.5) is 0 Å². The van der Waals surface area contributed by atoms with Crippen LogP contribution < -0.4 is 10.9 Å². The molecule has 0 saturated heterocycles. The number of hydrogen-bond donors (Lipinski definition) is 1. The third kappa shape index (κ3) is 3.83. The smallest absolute Gasteiger partial charge is 0.336 e. The number of aromatic nitrogens is 1. The average molecular weight is 347 g/mol. The third-order valence-electron chi connectivity index (χ3n) is 3.59. The van der Waals surface area contributed by atoms with Crippen molar-refractivity contribution in [2.24, 2.45) is 0 Å². The van der Waals surface area contributed by atoms with Gasteiger partial charge in [-0.2, -0.15) is 0 Å². The zero-order valence-corrected chi connectivity index (χ0v) is 13.7. The molecule has 124 valence electrons. The molecular weight excluding hydrogens is 332 g/mol. The van der Waals surface area contributed by atoms with Gasteiger partial charge >= 0.3 is 5.63 Å². The number of carbonyl (C=O) groups is 1. The Hall–Kier alpha value is -2.60. The van der Waals surface area contributed by atoms with Crippen molar-refractivity contribution >= 4 is 28.5 Å². The molecule has 3 aromatic rings. The fourth-order valence-electron chi connectivity index (χ4n) is 2.41. The van der Waals surface area contributed by atoms with Crippen LogP contribution >= 0.6 is 11.6 Å². The summed E-state index contributed by atoms with van der Waals surface area (Å²) in [6.45, 7) is 2.21. The number of benzene rings is 1. The highest BCUT2D eigenvalue weighted by atomic mass is 35.5. The summed E-state index contributed by atoms with van der Waals surface area (Å²) in [5, 5.41) is 7.44. The first-order chi connectivity index (χ1) is 11.5. The summed E-state index contributed by atoms with van der Waals surface area (Å²) in [7, 11) is 0. The number of carbonyl (C=O) groups excluding carboxylic acids is 1. The molecule has 0 saturated carbocycles. The molecule has 1 aromatic carbocycles. The van der Waals surface area contributed by atoms with Gasteiger partial charge in [0.1, 0.15) is 11.3 Å². The molecule has 0 aliphatic rings. The first-order valence-electron chi connectivity index (χ1n) is 7.42. The molecule has 0 aliphatic carbocycles. The quantitative estimate of drug-likeness (QED) is 0.718. The highest BCUT2D eigenvalue weighted by Gasteiger charge is 2.09. The molecule has 0 bridgehead atoms. The second-order valence-electron chi connectivity index (χ2n) is 5.48. The number of amides is 1. The Bertz CT molecular complexity index is 945. The maximum absolute atomic E-state index is 12.0. The number of nitrogens with zero attached hydrogens (tertiary/aromatic N) is 1. The summed E-state index contributed by atoms with van der Waals surface area (Å²) < 4.78 is 10.1. The van der Waals surface area contributed by atoms with E-state index >= 15 is 0 Å². The second kappa shape index (κ2) is 6.88. The fourth-order valence-corrected chi connectivity index (χ4v) is 2.57. The molecule has 3 rings (SSSR count). The van der Waals surface area contributed by atoms with Gasteiger partial charge < -0.3 is 14.3 Å². The van der Waals surface area contributed by atoms with Crippen molar-refractivity contribution in [2.45, 2.75) is 26.3 Å². The van der Waals surface area contributed by atoms with Gasteiger partial charge in [-0.05, 0) is 24.6 Å². The number of halogens is 1. The number of rotatable bonds is 5. The summed E-state index contributed by atoms with van der Waals surface area (Å²) in [6.07, 6.45) is 0.645. The van der Waals surface area contributed by atoms with Crippen LogP contribution in [0.25, 0.3) is 11.0 Å². The molecule has 1 N–H and O–H groups in total. The standard InChI is InChI=1S/C17H15ClN2O4/c1-10-2-4-14-13(6-10)11(7-17(22)23-14)9-19-16(21)5-3-12-8-15(18)20-24-12/h2,4,6-8H,3,5,9H2,1H3,(H,19,21). The van der Waals surface area contributed by atoms with Crippen LogP contribution in [0.2, 0.25) is 5.15 Å². The number of hydrogen-bond acceptors (Lipinski definition) is 5. The van der Waals surface area contributed by atoms with Gasteiger partial charge in [-0.3, -0.25) is 4.79 Å². The number of fused-ring (bicyclic) bond motifs is 1. The summed E-state index contributed by atoms with van der Waals surface area (Å²) >= 11 is 5.66. The topological polar surface area (TPSA) is 85.3 Å². The highest BCUT2D eigenvalue weighted by molar-refractivity contribution is 6.29. The lowest BCUT2D eigenvalue weighted by Gasteiger charge is -2.08. The van der Waals surface area contributed by atoms with Crippen LogP contribution in [0.15, 0.2) is 44.1 Å². The van der Waals surface area contributed by atoms with Crippen LogP contribution in [0.1, 0.15) is 23.3 Å². The van der Waals surface area contributed by atoms with Crippen molar-refractivity contribution in [1.82, 2.24) is 10.5 Å². The zero-order valence-electron chi connectivity index (χ0n) is 13.0. The van der Waals surface area contributed by atoms with Gasteiger partial charge in [0.15, 0.2) is 5.15 Å². The van der Waals surface area contributed by atoms with Gasteiger partial charge in [0, 0.05) is 36.9 Å². The van der Waals surface area contributed by atoms with E-state index in [1.807, 2.05) is 19.1 Å². The van der Waals surface area contributed by atoms with Crippen molar-refractivity contribution in [3.8, 4) is 0 Å². The van der Waals surface area contributed by atoms with E-state index in [-0.39, 0.29) is 24.0 Å². The fraction of sp³-hybridized carbons (Fsp3) is 0.235. The Morgan fingerprint density at radius 2 is 2.12 bits per heavy atom. The van der Waals surface area contributed by atoms with Gasteiger partial charge in [-0.15, -0.1) is 0 Å². The van der Waals surface area contributed by atoms with E-state index in [0.29, 0.717) is 17.8 Å². The summed E-state index contributed by atoms with van der Waals surface area (Å²) in [5.74, 6) is 0.396. The minimum atomic E-state index is -0.438. The average Bonchev–Trinajstić information content (AvgIpc) is 2.96. The second-order valence-corrected chi connectivity index (χ2v) is 5.87. The molecule has 24 heavy (non-hydrogen) atoms. The van der Waals surface area contributed by atoms with Crippen molar-refractivity contribution in [2.75, 3.05) is 0 Å². The molecular formula is C17H15ClN2O4. The monoisotopic (exact) mass is 346 g/mol. The number of aryl methyl sites for hydroxylation is 2. The Morgan fingerprint density at radius 1 is 1.29 bits per heavy atom. The van der Waals surface area contributed by atoms with Crippen molar-refractivity contribution in [1.29, 1.82) is 0 Å². The van der Waals surface area contributed by atoms with Crippen LogP contribution in [0, 0.1) is 6.92 Å². The molecule has 0 aliphatic heterocycles. The Balaban J connectivity index is 1.67. The van der Waals surface area contributed by atoms with Crippen molar-refractivity contribution in [3.05, 3.63) is 62.8 Å². The van der Waals surface area contributed by atoms with Gasteiger partial charge in [-0.1, -0.05) is 28.4 Å². The van der Waals surface area contributed by atoms with Crippen LogP contribution in [-0.2, 0) is 17.8 Å². The maximum atomic E-state index is 12.0. The van der Waals surface area contributed by atoms with Crippen molar-refractivity contribution in [3.63, 3.8) is 0 Å². The molecule has 2 aromatic heterocycles. The Labute approximate surface area is 142 Å². The lowest BCUT2D eigenvalue weighted by Crippen LogP contribution is -2.23. The molecule has 0 spiro atoms. The largest absolute Gasteiger partial charge is 0.423 e. The first kappa shape index (κ1) is 16.3. The molecule has 1 amide bonds. The SMILES string of the molecule is Cc1ccc2oc(=O)cc(CNC(=O)CCc3cc(Cl)no3)c2c1. The zero-order chi connectivity index (χ0) is 17.1. The molecule has 6 nitrogen and oxygen atoms in total. The minimum absolute atomic E-state index is 0.156. The van der Waals surface area contributed by atoms with Crippen LogP contribution in [0.3, 0.4) is 0 Å². The van der Waals surface area contributed by atoms with Crippen molar-refractivity contribution < 1.29 is 13.7 Å². The van der Waals surface area contributed by atoms with E-state index in [9.17, 15) is 9.59 Å². The van der Waals surface area contributed by atoms with E-state index < -0.39 is 5.63 Å². The van der Waals surface area contributed by atoms with E-state index in [1.165, 1.54) is 6.07 Å². The lowest BCUT2D eigenvalue weighted by molar-refractivity contribution is -0.121. The normalized spacial score (nSPS) is 10.9. The Morgan fingerprint density at radius 3 is 2.88 bits per heavy atom. The summed E-state index contributed by atoms with van der Waals surface area (Å²) in [4.78, 5) is 23.6. The molecule has 0 fully saturated rings. The maximum Gasteiger partial charge on any atom is 0.336 e. The molecule has 0 atom stereocenters. The predicted molar refractivity (Wildman–Crippen MR) is 88.9 cm³/mol. The van der Waals surface area contributed by atoms with E-state index in [1.54, 1.807) is 12.1 Å². The van der Waals surface area contributed by atoms with Gasteiger partial charge in [0.25, 0.3) is 0 Å². The Kier molecular flexibility index (Phi) is 4.66. The number of nitrogens with one attached hydrogen (secondary N) is 1. The molecule has 0 radical (unpaired) electrons. The summed E-state index contributed by atoms with van der Waals surface area (Å²) in [5.41, 5.74) is 1.84. The van der Waals surface area contributed by atoms with E-state index in [0.717, 1.165) is 16.5 Å². The minimum Gasteiger partial charge on any atom is -0.423 e. The van der Waals surface area contributed by atoms with Gasteiger partial charge in [0.2, 0.25) is 5.91 Å². The van der Waals surface area contributed by atoms with Gasteiger partial charge in [0.05, 0.1) is 0 Å². The van der Waals surface area contributed by atoms with E-state index in [2.05, 4.69) is 10.5 Å². The van der Waals surface area contributed by atoms with Gasteiger partial charge in [-0.25, -0.2) is 4.79 Å². The first-order valence-corrected chi connectivity index (χ1v) is 7.80. The lowest BCUT2D eigenvalue weighted by atomic mass is 10.1. The third-order valence-corrected chi connectivity index (χ3v) is 3.77.